The number of nitrogens with two attached hydrogens (primary N) is 1. The second-order valence-corrected chi connectivity index (χ2v) is 10.6. The third kappa shape index (κ3) is 4.99. The Morgan fingerprint density at radius 3 is 2.56 bits per heavy atom. The summed E-state index contributed by atoms with van der Waals surface area (Å²) in [5.74, 6) is -1.15. The number of pyridine rings is 1. The number of alkyl carbamates (subject to hydrolysis) is 1. The number of hydrogen-bond donors (Lipinski definition) is 2. The van der Waals surface area contributed by atoms with E-state index in [1.54, 1.807) is 39.2 Å². The van der Waals surface area contributed by atoms with Gasteiger partial charge in [-0.1, -0.05) is 0 Å². The lowest BCUT2D eigenvalue weighted by Gasteiger charge is -2.25. The molecule has 1 amide bonds. The number of hydrogen-bond acceptors (Lipinski definition) is 7. The Kier molecular flexibility index (Phi) is 6.90. The molecule has 2 heterocycles. The third-order valence-corrected chi connectivity index (χ3v) is 6.65. The Labute approximate surface area is 209 Å². The van der Waals surface area contributed by atoms with Crippen LogP contribution in [0, 0.1) is 18.7 Å². The molecule has 2 aliphatic rings. The van der Waals surface area contributed by atoms with E-state index in [9.17, 15) is 14.4 Å². The maximum Gasteiger partial charge on any atom is 0.407 e. The standard InChI is InChI=1S/C26H35FN4O5/c1-6-35-24(33)17-13-31(16-7-8-16)22-18(23(17)32)20(28)14(2)21(19(22)27)30-10-9-15(12-30)11-29-25(34)36-26(3,4)5/h13,15-16H,6-12,28H2,1-5H3,(H,29,34). The van der Waals surface area contributed by atoms with Crippen LogP contribution in [0.25, 0.3) is 10.9 Å². The fourth-order valence-electron chi connectivity index (χ4n) is 4.81. The molecule has 2 fully saturated rings. The van der Waals surface area contributed by atoms with Crippen LogP contribution in [0.2, 0.25) is 0 Å². The predicted molar refractivity (Wildman–Crippen MR) is 136 cm³/mol. The van der Waals surface area contributed by atoms with E-state index < -0.39 is 28.9 Å². The van der Waals surface area contributed by atoms with Gasteiger partial charge in [-0.25, -0.2) is 14.0 Å². The van der Waals surface area contributed by atoms with E-state index in [-0.39, 0.29) is 40.7 Å². The summed E-state index contributed by atoms with van der Waals surface area (Å²) in [5, 5.41) is 2.82. The largest absolute Gasteiger partial charge is 0.462 e. The average Bonchev–Trinajstić information content (AvgIpc) is 3.53. The number of rotatable bonds is 6. The number of benzene rings is 1. The smallest absolute Gasteiger partial charge is 0.407 e. The lowest BCUT2D eigenvalue weighted by molar-refractivity contribution is 0.0512. The van der Waals surface area contributed by atoms with Gasteiger partial charge in [-0.3, -0.25) is 4.79 Å². The lowest BCUT2D eigenvalue weighted by atomic mass is 10.0. The molecule has 1 aromatic heterocycles. The molecule has 3 N–H and O–H groups in total. The minimum Gasteiger partial charge on any atom is -0.462 e. The van der Waals surface area contributed by atoms with Crippen molar-refractivity contribution in [3.63, 3.8) is 0 Å². The molecule has 36 heavy (non-hydrogen) atoms. The van der Waals surface area contributed by atoms with Crippen molar-refractivity contribution in [2.45, 2.75) is 65.5 Å². The molecule has 2 aromatic rings. The normalized spacial score (nSPS) is 17.9. The SMILES string of the molecule is CCOC(=O)c1cn(C2CC2)c2c(F)c(N3CCC(CNC(=O)OC(C)(C)C)C3)c(C)c(N)c2c1=O. The van der Waals surface area contributed by atoms with E-state index in [4.69, 9.17) is 15.2 Å². The highest BCUT2D eigenvalue weighted by Gasteiger charge is 2.34. The summed E-state index contributed by atoms with van der Waals surface area (Å²) >= 11 is 0. The first-order valence-electron chi connectivity index (χ1n) is 12.5. The summed E-state index contributed by atoms with van der Waals surface area (Å²) in [6.07, 6.45) is 3.34. The fourth-order valence-corrected chi connectivity index (χ4v) is 4.81. The van der Waals surface area contributed by atoms with E-state index in [1.165, 1.54) is 6.20 Å². The molecule has 1 saturated heterocycles. The van der Waals surface area contributed by atoms with Gasteiger partial charge in [-0.2, -0.15) is 0 Å². The van der Waals surface area contributed by atoms with E-state index in [0.717, 1.165) is 19.3 Å². The molecular formula is C26H35FN4O5. The predicted octanol–water partition coefficient (Wildman–Crippen LogP) is 3.89. The van der Waals surface area contributed by atoms with Gasteiger partial charge in [0.1, 0.15) is 11.2 Å². The number of aromatic nitrogens is 1. The second-order valence-electron chi connectivity index (χ2n) is 10.6. The van der Waals surface area contributed by atoms with Crippen LogP contribution in [0.5, 0.6) is 0 Å². The molecule has 1 aliphatic carbocycles. The number of fused-ring (bicyclic) bond motifs is 1. The zero-order valence-corrected chi connectivity index (χ0v) is 21.6. The van der Waals surface area contributed by atoms with Gasteiger partial charge in [0.2, 0.25) is 5.43 Å². The maximum absolute atomic E-state index is 16.2. The minimum absolute atomic E-state index is 0.00455. The number of anilines is 2. The second kappa shape index (κ2) is 9.63. The molecule has 1 saturated carbocycles. The summed E-state index contributed by atoms with van der Waals surface area (Å²) in [5.41, 5.74) is 6.23. The zero-order chi connectivity index (χ0) is 26.4. The molecule has 4 rings (SSSR count). The van der Waals surface area contributed by atoms with Gasteiger partial charge in [0.15, 0.2) is 5.82 Å². The Balaban J connectivity index is 1.68. The van der Waals surface area contributed by atoms with Crippen molar-refractivity contribution < 1.29 is 23.5 Å². The molecule has 1 atom stereocenters. The van der Waals surface area contributed by atoms with Gasteiger partial charge in [0, 0.05) is 31.9 Å². The van der Waals surface area contributed by atoms with E-state index in [2.05, 4.69) is 5.32 Å². The molecule has 1 aliphatic heterocycles. The van der Waals surface area contributed by atoms with Crippen LogP contribution in [-0.2, 0) is 9.47 Å². The number of carbonyl (C=O) groups is 2. The number of nitrogen functional groups attached to an aromatic ring is 1. The number of carbonyl (C=O) groups excluding carboxylic acids is 2. The van der Waals surface area contributed by atoms with Gasteiger partial charge in [0.05, 0.1) is 28.9 Å². The Morgan fingerprint density at radius 1 is 1.25 bits per heavy atom. The average molecular weight is 503 g/mol. The summed E-state index contributed by atoms with van der Waals surface area (Å²) in [6, 6.07) is -0.00455. The van der Waals surface area contributed by atoms with Crippen LogP contribution in [-0.4, -0.2) is 48.5 Å². The van der Waals surface area contributed by atoms with Gasteiger partial charge in [-0.15, -0.1) is 0 Å². The Hall–Kier alpha value is -3.30. The summed E-state index contributed by atoms with van der Waals surface area (Å²) < 4.78 is 28.3. The highest BCUT2D eigenvalue weighted by atomic mass is 19.1. The zero-order valence-electron chi connectivity index (χ0n) is 21.6. The number of halogens is 1. The molecule has 1 aromatic carbocycles. The monoisotopic (exact) mass is 502 g/mol. The molecule has 0 bridgehead atoms. The van der Waals surface area contributed by atoms with E-state index >= 15 is 4.39 Å². The first-order chi connectivity index (χ1) is 16.9. The topological polar surface area (TPSA) is 116 Å². The number of nitrogens with zero attached hydrogens (tertiary/aromatic N) is 2. The van der Waals surface area contributed by atoms with Gasteiger partial charge < -0.3 is 30.0 Å². The van der Waals surface area contributed by atoms with Crippen molar-refractivity contribution in [3.05, 3.63) is 33.4 Å². The molecule has 10 heteroatoms. The van der Waals surface area contributed by atoms with E-state index in [1.807, 2.05) is 4.90 Å². The van der Waals surface area contributed by atoms with Crippen LogP contribution in [0.4, 0.5) is 20.6 Å². The van der Waals surface area contributed by atoms with Crippen LogP contribution < -0.4 is 21.4 Å². The van der Waals surface area contributed by atoms with Crippen LogP contribution >= 0.6 is 0 Å². The molecule has 1 unspecified atom stereocenters. The first-order valence-corrected chi connectivity index (χ1v) is 12.5. The minimum atomic E-state index is -0.736. The lowest BCUT2D eigenvalue weighted by Crippen LogP contribution is -2.36. The molecule has 196 valence electrons. The highest BCUT2D eigenvalue weighted by Crippen LogP contribution is 2.42. The van der Waals surface area contributed by atoms with Crippen molar-refractivity contribution in [3.8, 4) is 0 Å². The first kappa shape index (κ1) is 25.8. The number of nitrogens with one attached hydrogen (secondary N) is 1. The van der Waals surface area contributed by atoms with Crippen LogP contribution in [0.15, 0.2) is 11.0 Å². The molecule has 0 spiro atoms. The number of ether oxygens (including phenoxy) is 2. The molecule has 9 nitrogen and oxygen atoms in total. The summed E-state index contributed by atoms with van der Waals surface area (Å²) in [6.45, 7) is 10.4. The molecule has 0 radical (unpaired) electrons. The van der Waals surface area contributed by atoms with Crippen molar-refractivity contribution >= 4 is 34.3 Å². The third-order valence-electron chi connectivity index (χ3n) is 6.65. The van der Waals surface area contributed by atoms with Crippen LogP contribution in [0.3, 0.4) is 0 Å². The van der Waals surface area contributed by atoms with Crippen molar-refractivity contribution in [2.75, 3.05) is 36.9 Å². The highest BCUT2D eigenvalue weighted by molar-refractivity contribution is 6.01. The fraction of sp³-hybridized carbons (Fsp3) is 0.577. The quantitative estimate of drug-likeness (QED) is 0.455. The van der Waals surface area contributed by atoms with E-state index in [0.29, 0.717) is 30.9 Å². The number of amides is 1. The van der Waals surface area contributed by atoms with Gasteiger partial charge in [0.25, 0.3) is 0 Å². The maximum atomic E-state index is 16.2. The summed E-state index contributed by atoms with van der Waals surface area (Å²) in [4.78, 5) is 39.7. The Bertz CT molecular complexity index is 1260. The summed E-state index contributed by atoms with van der Waals surface area (Å²) in [7, 11) is 0. The van der Waals surface area contributed by atoms with Crippen LogP contribution in [0.1, 0.15) is 68.9 Å². The van der Waals surface area contributed by atoms with Gasteiger partial charge in [-0.05, 0) is 65.4 Å². The number of esters is 1. The van der Waals surface area contributed by atoms with Gasteiger partial charge >= 0.3 is 12.1 Å². The van der Waals surface area contributed by atoms with Crippen molar-refractivity contribution in [2.24, 2.45) is 5.92 Å². The van der Waals surface area contributed by atoms with Crippen molar-refractivity contribution in [1.82, 2.24) is 9.88 Å². The van der Waals surface area contributed by atoms with Crippen molar-refractivity contribution in [1.29, 1.82) is 0 Å². The molecular weight excluding hydrogens is 467 g/mol. The Morgan fingerprint density at radius 2 is 1.94 bits per heavy atom.